The van der Waals surface area contributed by atoms with Crippen molar-refractivity contribution in [3.05, 3.63) is 97.2 Å². The van der Waals surface area contributed by atoms with E-state index in [1.165, 1.54) is 12.1 Å². The summed E-state index contributed by atoms with van der Waals surface area (Å²) in [5.74, 6) is 0.0171. The fraction of sp³-hybridized carbons (Fsp3) is 0.0435. The summed E-state index contributed by atoms with van der Waals surface area (Å²) in [5.41, 5.74) is 2.12. The number of imide groups is 1. The van der Waals surface area contributed by atoms with Crippen molar-refractivity contribution in [2.75, 3.05) is 4.90 Å². The molecule has 1 aliphatic rings. The zero-order valence-corrected chi connectivity index (χ0v) is 19.6. The summed E-state index contributed by atoms with van der Waals surface area (Å²) in [6.07, 6.45) is 1.69. The zero-order chi connectivity index (χ0) is 22.0. The molecular weight excluding hydrogens is 552 g/mol. The van der Waals surface area contributed by atoms with Crippen molar-refractivity contribution in [2.24, 2.45) is 0 Å². The minimum Gasteiger partial charge on any atom is -0.488 e. The number of benzene rings is 3. The Labute approximate surface area is 201 Å². The van der Waals surface area contributed by atoms with E-state index in [0.717, 1.165) is 31.4 Å². The maximum atomic E-state index is 13.0. The van der Waals surface area contributed by atoms with E-state index in [-0.39, 0.29) is 17.0 Å². The number of anilines is 1. The highest BCUT2D eigenvalue weighted by Crippen LogP contribution is 2.36. The topological polar surface area (TPSA) is 46.6 Å². The highest BCUT2D eigenvalue weighted by molar-refractivity contribution is 14.1. The van der Waals surface area contributed by atoms with Crippen LogP contribution in [0, 0.1) is 9.39 Å². The van der Waals surface area contributed by atoms with Crippen LogP contribution in [0.3, 0.4) is 0 Å². The Kier molecular flexibility index (Phi) is 6.64. The van der Waals surface area contributed by atoms with E-state index in [2.05, 4.69) is 22.6 Å². The smallest absolute Gasteiger partial charge is 0.298 e. The van der Waals surface area contributed by atoms with Crippen LogP contribution in [0.1, 0.15) is 11.1 Å². The predicted octanol–water partition coefficient (Wildman–Crippen LogP) is 6.90. The molecule has 0 atom stereocenters. The third-order valence-corrected chi connectivity index (χ3v) is 6.40. The van der Waals surface area contributed by atoms with Crippen LogP contribution < -0.4 is 9.64 Å². The van der Waals surface area contributed by atoms with Gasteiger partial charge < -0.3 is 4.74 Å². The Balaban J connectivity index is 1.49. The second-order valence-corrected chi connectivity index (χ2v) is 9.19. The zero-order valence-electron chi connectivity index (χ0n) is 15.8. The van der Waals surface area contributed by atoms with Gasteiger partial charge in [0.05, 0.1) is 14.2 Å². The van der Waals surface area contributed by atoms with Gasteiger partial charge in [0, 0.05) is 5.02 Å². The summed E-state index contributed by atoms with van der Waals surface area (Å²) in [4.78, 5) is 26.6. The molecule has 0 spiro atoms. The van der Waals surface area contributed by atoms with Gasteiger partial charge in [-0.3, -0.25) is 9.59 Å². The predicted molar refractivity (Wildman–Crippen MR) is 130 cm³/mol. The van der Waals surface area contributed by atoms with Crippen LogP contribution in [0.15, 0.2) is 71.6 Å². The average molecular weight is 566 g/mol. The Morgan fingerprint density at radius 3 is 2.42 bits per heavy atom. The minimum absolute atomic E-state index is 0.289. The molecule has 3 aromatic carbocycles. The molecule has 156 valence electrons. The first-order valence-corrected chi connectivity index (χ1v) is 11.4. The third kappa shape index (κ3) is 5.11. The number of carbonyl (C=O) groups excluding carboxylic acids is 2. The van der Waals surface area contributed by atoms with Crippen molar-refractivity contribution in [2.45, 2.75) is 6.61 Å². The minimum atomic E-state index is -0.371. The number of ether oxygens (including phenoxy) is 1. The van der Waals surface area contributed by atoms with Gasteiger partial charge in [-0.25, -0.2) is 9.29 Å². The molecule has 0 bridgehead atoms. The summed E-state index contributed by atoms with van der Waals surface area (Å²) in [6, 6.07) is 18.2. The number of rotatable bonds is 5. The van der Waals surface area contributed by atoms with Crippen molar-refractivity contribution in [3.8, 4) is 5.75 Å². The Bertz CT molecular complexity index is 1180. The number of amides is 2. The number of hydrogen-bond donors (Lipinski definition) is 0. The lowest BCUT2D eigenvalue weighted by molar-refractivity contribution is -0.113. The molecule has 2 amide bonds. The lowest BCUT2D eigenvalue weighted by Crippen LogP contribution is -2.27. The second-order valence-electron chi connectivity index (χ2n) is 6.60. The molecule has 0 saturated carbocycles. The Morgan fingerprint density at radius 2 is 1.74 bits per heavy atom. The van der Waals surface area contributed by atoms with Gasteiger partial charge in [0.25, 0.3) is 11.1 Å². The van der Waals surface area contributed by atoms with Crippen molar-refractivity contribution in [3.63, 3.8) is 0 Å². The number of hydrogen-bond acceptors (Lipinski definition) is 4. The maximum Gasteiger partial charge on any atom is 0.298 e. The van der Waals surface area contributed by atoms with Gasteiger partial charge in [-0.1, -0.05) is 29.8 Å². The normalized spacial score (nSPS) is 15.1. The van der Waals surface area contributed by atoms with Gasteiger partial charge in [-0.2, -0.15) is 0 Å². The van der Waals surface area contributed by atoms with E-state index in [4.69, 9.17) is 16.3 Å². The maximum absolute atomic E-state index is 13.0. The van der Waals surface area contributed by atoms with E-state index in [1.807, 2.05) is 12.1 Å². The van der Waals surface area contributed by atoms with Crippen LogP contribution in [0.25, 0.3) is 6.08 Å². The lowest BCUT2D eigenvalue weighted by Gasteiger charge is -2.12. The summed E-state index contributed by atoms with van der Waals surface area (Å²) in [7, 11) is 0. The highest BCUT2D eigenvalue weighted by atomic mass is 127. The number of halogens is 3. The Hall–Kier alpha value is -2.36. The largest absolute Gasteiger partial charge is 0.488 e. The molecule has 0 aromatic heterocycles. The summed E-state index contributed by atoms with van der Waals surface area (Å²) >= 11 is 8.93. The SMILES string of the molecule is O=C1S/C(=C/c2ccc(OCc3ccc(F)cc3)c(I)c2)C(=O)N1c1ccc(Cl)cc1. The van der Waals surface area contributed by atoms with Gasteiger partial charge in [-0.15, -0.1) is 0 Å². The Morgan fingerprint density at radius 1 is 1.03 bits per heavy atom. The van der Waals surface area contributed by atoms with E-state index in [9.17, 15) is 14.0 Å². The first-order chi connectivity index (χ1) is 14.9. The molecule has 3 aromatic rings. The van der Waals surface area contributed by atoms with Crippen LogP contribution in [0.2, 0.25) is 5.02 Å². The number of nitrogens with zero attached hydrogens (tertiary/aromatic N) is 1. The molecule has 1 fully saturated rings. The van der Waals surface area contributed by atoms with Crippen LogP contribution in [-0.2, 0) is 11.4 Å². The molecule has 1 aliphatic heterocycles. The van der Waals surface area contributed by atoms with E-state index in [1.54, 1.807) is 48.5 Å². The van der Waals surface area contributed by atoms with Crippen LogP contribution in [0.4, 0.5) is 14.9 Å². The molecule has 4 nitrogen and oxygen atoms in total. The van der Waals surface area contributed by atoms with Crippen LogP contribution in [-0.4, -0.2) is 11.1 Å². The molecule has 8 heteroatoms. The van der Waals surface area contributed by atoms with Gasteiger partial charge in [0.1, 0.15) is 18.2 Å². The lowest BCUT2D eigenvalue weighted by atomic mass is 10.2. The van der Waals surface area contributed by atoms with Crippen LogP contribution in [0.5, 0.6) is 5.75 Å². The molecule has 1 heterocycles. The van der Waals surface area contributed by atoms with Gasteiger partial charge in [0.2, 0.25) is 0 Å². The first-order valence-electron chi connectivity index (χ1n) is 9.11. The highest BCUT2D eigenvalue weighted by Gasteiger charge is 2.36. The van der Waals surface area contributed by atoms with Gasteiger partial charge in [-0.05, 0) is 100 Å². The van der Waals surface area contributed by atoms with Crippen molar-refractivity contribution >= 4 is 68.9 Å². The molecule has 0 radical (unpaired) electrons. The quantitative estimate of drug-likeness (QED) is 0.249. The molecule has 0 unspecified atom stereocenters. The number of thioether (sulfide) groups is 1. The molecule has 1 saturated heterocycles. The average Bonchev–Trinajstić information content (AvgIpc) is 3.02. The van der Waals surface area contributed by atoms with Crippen LogP contribution >= 0.6 is 46.0 Å². The van der Waals surface area contributed by atoms with E-state index < -0.39 is 0 Å². The molecule has 0 N–H and O–H groups in total. The fourth-order valence-electron chi connectivity index (χ4n) is 2.90. The summed E-state index contributed by atoms with van der Waals surface area (Å²) in [5, 5.41) is 0.176. The van der Waals surface area contributed by atoms with Gasteiger partial charge in [0.15, 0.2) is 0 Å². The first kappa shape index (κ1) is 21.9. The van der Waals surface area contributed by atoms with Crippen molar-refractivity contribution in [1.82, 2.24) is 0 Å². The third-order valence-electron chi connectivity index (χ3n) is 4.44. The van der Waals surface area contributed by atoms with Crippen molar-refractivity contribution < 1.29 is 18.7 Å². The number of carbonyl (C=O) groups is 2. The van der Waals surface area contributed by atoms with E-state index in [0.29, 0.717) is 28.0 Å². The van der Waals surface area contributed by atoms with Crippen molar-refractivity contribution in [1.29, 1.82) is 0 Å². The summed E-state index contributed by atoms with van der Waals surface area (Å²) in [6.45, 7) is 0.315. The second kappa shape index (κ2) is 9.42. The van der Waals surface area contributed by atoms with Gasteiger partial charge >= 0.3 is 0 Å². The molecule has 31 heavy (non-hydrogen) atoms. The standard InChI is InChI=1S/C23H14ClFINO3S/c24-16-4-8-18(9-5-16)27-22(28)21(31-23(27)29)12-15-3-10-20(19(26)11-15)30-13-14-1-6-17(25)7-2-14/h1-12H,13H2/b21-12+. The fourth-order valence-corrected chi connectivity index (χ4v) is 4.56. The molecular formula is C23H14ClFINO3S. The summed E-state index contributed by atoms with van der Waals surface area (Å²) < 4.78 is 19.7. The van der Waals surface area contributed by atoms with E-state index >= 15 is 0 Å². The monoisotopic (exact) mass is 565 g/mol. The molecule has 4 rings (SSSR count). The molecule has 0 aliphatic carbocycles.